The van der Waals surface area contributed by atoms with Gasteiger partial charge in [-0.25, -0.2) is 0 Å². The minimum atomic E-state index is -0.000000000000000222. The second-order valence-corrected chi connectivity index (χ2v) is 2.84. The third-order valence-corrected chi connectivity index (χ3v) is 2.05. The Balaban J connectivity index is 2.53. The van der Waals surface area contributed by atoms with E-state index in [2.05, 4.69) is 20.8 Å². The molecule has 0 radical (unpaired) electrons. The molecule has 1 nitrogen and oxygen atoms in total. The van der Waals surface area contributed by atoms with Crippen molar-refractivity contribution in [2.24, 2.45) is 5.92 Å². The second-order valence-electron chi connectivity index (χ2n) is 2.84. The normalized spacial score (nSPS) is 53.4. The first-order chi connectivity index (χ1) is 4.66. The van der Waals surface area contributed by atoms with E-state index in [1.54, 1.807) is 0 Å². The molecule has 1 heterocycles. The lowest BCUT2D eigenvalue weighted by Gasteiger charge is -2.07. The zero-order valence-electron chi connectivity index (χ0n) is 7.42. The molecular formula is C8H16O. The molecule has 0 saturated carbocycles. The molecule has 0 aromatic rings. The van der Waals surface area contributed by atoms with Crippen LogP contribution in [0.4, 0.5) is 0 Å². The Morgan fingerprint density at radius 3 is 2.56 bits per heavy atom. The predicted molar refractivity (Wildman–Crippen MR) is 38.4 cm³/mol. The Bertz CT molecular complexity index is 116. The monoisotopic (exact) mass is 130 g/mol. The predicted octanol–water partition coefficient (Wildman–Crippen LogP) is 2.21. The van der Waals surface area contributed by atoms with Crippen molar-refractivity contribution in [3.05, 3.63) is 0 Å². The van der Waals surface area contributed by atoms with Crippen LogP contribution in [0.5, 0.6) is 0 Å². The number of rotatable bonds is 1. The van der Waals surface area contributed by atoms with E-state index in [4.69, 9.17) is 6.11 Å². The van der Waals surface area contributed by atoms with Gasteiger partial charge >= 0.3 is 0 Å². The summed E-state index contributed by atoms with van der Waals surface area (Å²) >= 11 is 0. The molecule has 0 aromatic carbocycles. The van der Waals surface area contributed by atoms with Crippen molar-refractivity contribution < 1.29 is 6.11 Å². The summed E-state index contributed by atoms with van der Waals surface area (Å²) in [6.07, 6.45) is 1.44. The maximum absolute atomic E-state index is 7.70. The lowest BCUT2D eigenvalue weighted by molar-refractivity contribution is 0.0460. The summed E-state index contributed by atoms with van der Waals surface area (Å²) in [4.78, 5) is 0. The van der Waals surface area contributed by atoms with Crippen LogP contribution in [0, 0.1) is 5.92 Å². The average molecular weight is 130 g/mol. The van der Waals surface area contributed by atoms with Gasteiger partial charge in [0.2, 0.25) is 0 Å². The zero-order chi connectivity index (χ0) is 7.72. The van der Waals surface area contributed by atoms with E-state index >= 15 is 0 Å². The summed E-state index contributed by atoms with van der Waals surface area (Å²) in [5.74, 6) is 0.407. The Morgan fingerprint density at radius 1 is 1.67 bits per heavy atom. The molecule has 1 aliphatic rings. The highest BCUT2D eigenvalue weighted by Crippen LogP contribution is 2.26. The Labute approximate surface area is 58.8 Å². The standard InChI is InChI=1S/C8H16O/c1-4-8-5-6(2)7(3)9-8/h6-8H,4-5H2,1-3H3/i5T. The average Bonchev–Trinajstić information content (AvgIpc) is 2.17. The van der Waals surface area contributed by atoms with Crippen LogP contribution in [0.1, 0.15) is 35.0 Å². The molecule has 54 valence electrons. The summed E-state index contributed by atoms with van der Waals surface area (Å²) < 4.78 is 13.2. The van der Waals surface area contributed by atoms with Crippen molar-refractivity contribution in [2.75, 3.05) is 0 Å². The first kappa shape index (κ1) is 5.72. The molecule has 0 spiro atoms. The van der Waals surface area contributed by atoms with Gasteiger partial charge in [0, 0.05) is 1.37 Å². The molecule has 4 atom stereocenters. The third kappa shape index (κ3) is 1.45. The Hall–Kier alpha value is -0.0400. The molecule has 1 aliphatic heterocycles. The van der Waals surface area contributed by atoms with Crippen molar-refractivity contribution in [1.82, 2.24) is 0 Å². The quantitative estimate of drug-likeness (QED) is 0.528. The molecule has 4 unspecified atom stereocenters. The largest absolute Gasteiger partial charge is 0.375 e. The molecule has 0 aliphatic carbocycles. The smallest absolute Gasteiger partial charge is 0.0579 e. The van der Waals surface area contributed by atoms with Gasteiger partial charge < -0.3 is 4.74 Å². The first-order valence-corrected chi connectivity index (χ1v) is 3.74. The van der Waals surface area contributed by atoms with Crippen molar-refractivity contribution >= 4 is 0 Å². The van der Waals surface area contributed by atoms with E-state index < -0.39 is 0 Å². The minimum absolute atomic E-state index is 0.000000000000000222. The molecule has 0 amide bonds. The molecule has 9 heavy (non-hydrogen) atoms. The number of hydrogen-bond donors (Lipinski definition) is 0. The first-order valence-electron chi connectivity index (χ1n) is 4.32. The highest BCUT2D eigenvalue weighted by atomic mass is 16.5. The highest BCUT2D eigenvalue weighted by molar-refractivity contribution is 4.75. The summed E-state index contributed by atoms with van der Waals surface area (Å²) in [6, 6.07) is 0. The Morgan fingerprint density at radius 2 is 2.33 bits per heavy atom. The van der Waals surface area contributed by atoms with Gasteiger partial charge in [-0.1, -0.05) is 13.8 Å². The van der Waals surface area contributed by atoms with Crippen LogP contribution in [-0.4, -0.2) is 12.2 Å². The summed E-state index contributed by atoms with van der Waals surface area (Å²) in [7, 11) is 0. The molecule has 1 heteroatoms. The molecule has 1 fully saturated rings. The molecule has 0 N–H and O–H groups in total. The third-order valence-electron chi connectivity index (χ3n) is 2.05. The minimum Gasteiger partial charge on any atom is -0.375 e. The van der Waals surface area contributed by atoms with Gasteiger partial charge in [-0.15, -0.1) is 0 Å². The SMILES string of the molecule is [3H]C1C(CC)OC(C)C1C. The van der Waals surface area contributed by atoms with Gasteiger partial charge in [0.25, 0.3) is 0 Å². The van der Waals surface area contributed by atoms with E-state index in [0.717, 1.165) is 6.42 Å². The van der Waals surface area contributed by atoms with Gasteiger partial charge in [0.1, 0.15) is 0 Å². The van der Waals surface area contributed by atoms with Crippen molar-refractivity contribution in [3.63, 3.8) is 0 Å². The fourth-order valence-corrected chi connectivity index (χ4v) is 1.17. The molecular weight excluding hydrogens is 112 g/mol. The van der Waals surface area contributed by atoms with Crippen LogP contribution in [0.3, 0.4) is 0 Å². The maximum Gasteiger partial charge on any atom is 0.0579 e. The van der Waals surface area contributed by atoms with Gasteiger partial charge in [0.05, 0.1) is 12.2 Å². The topological polar surface area (TPSA) is 9.23 Å². The van der Waals surface area contributed by atoms with Gasteiger partial charge in [-0.2, -0.15) is 0 Å². The second kappa shape index (κ2) is 2.70. The zero-order valence-corrected chi connectivity index (χ0v) is 6.42. The highest BCUT2D eigenvalue weighted by Gasteiger charge is 2.26. The Kier molecular flexibility index (Phi) is 1.71. The lowest BCUT2D eigenvalue weighted by atomic mass is 10.0. The van der Waals surface area contributed by atoms with Crippen LogP contribution in [-0.2, 0) is 4.74 Å². The van der Waals surface area contributed by atoms with E-state index in [-0.39, 0.29) is 18.6 Å². The summed E-state index contributed by atoms with van der Waals surface area (Å²) in [6.45, 7) is 6.23. The molecule has 0 aromatic heterocycles. The van der Waals surface area contributed by atoms with Gasteiger partial charge in [-0.05, 0) is 25.7 Å². The van der Waals surface area contributed by atoms with Crippen LogP contribution in [0.25, 0.3) is 0 Å². The van der Waals surface area contributed by atoms with E-state index in [9.17, 15) is 0 Å². The fourth-order valence-electron chi connectivity index (χ4n) is 1.17. The molecule has 1 saturated heterocycles. The van der Waals surface area contributed by atoms with Crippen LogP contribution in [0.2, 0.25) is 0 Å². The fraction of sp³-hybridized carbons (Fsp3) is 1.00. The number of ether oxygens (including phenoxy) is 1. The summed E-state index contributed by atoms with van der Waals surface area (Å²) in [5.41, 5.74) is 0. The molecule has 1 rings (SSSR count). The van der Waals surface area contributed by atoms with Gasteiger partial charge in [0.15, 0.2) is 0 Å². The van der Waals surface area contributed by atoms with Crippen LogP contribution in [0.15, 0.2) is 0 Å². The van der Waals surface area contributed by atoms with Crippen molar-refractivity contribution in [3.8, 4) is 0 Å². The molecule has 0 bridgehead atoms. The van der Waals surface area contributed by atoms with E-state index in [1.807, 2.05) is 0 Å². The van der Waals surface area contributed by atoms with Crippen molar-refractivity contribution in [2.45, 2.75) is 45.8 Å². The van der Waals surface area contributed by atoms with E-state index in [1.165, 1.54) is 0 Å². The lowest BCUT2D eigenvalue weighted by Crippen LogP contribution is -2.08. The number of hydrogen-bond acceptors (Lipinski definition) is 1. The van der Waals surface area contributed by atoms with Crippen molar-refractivity contribution in [1.29, 1.82) is 0 Å². The summed E-state index contributed by atoms with van der Waals surface area (Å²) in [5, 5.41) is 0. The van der Waals surface area contributed by atoms with Crippen LogP contribution >= 0.6 is 0 Å². The maximum atomic E-state index is 7.70. The van der Waals surface area contributed by atoms with Gasteiger partial charge in [-0.3, -0.25) is 0 Å². The van der Waals surface area contributed by atoms with E-state index in [0.29, 0.717) is 5.92 Å². The van der Waals surface area contributed by atoms with Crippen LogP contribution < -0.4 is 0 Å².